The molecule has 0 unspecified atom stereocenters. The highest BCUT2D eigenvalue weighted by Gasteiger charge is 2.35. The van der Waals surface area contributed by atoms with E-state index in [9.17, 15) is 14.0 Å². The number of rotatable bonds is 8. The second-order valence-electron chi connectivity index (χ2n) is 7.77. The summed E-state index contributed by atoms with van der Waals surface area (Å²) < 4.78 is 25.7. The fourth-order valence-corrected chi connectivity index (χ4v) is 4.27. The minimum absolute atomic E-state index is 0.106. The van der Waals surface area contributed by atoms with Crippen molar-refractivity contribution in [1.29, 1.82) is 0 Å². The molecule has 0 saturated carbocycles. The lowest BCUT2D eigenvalue weighted by Gasteiger charge is -2.13. The van der Waals surface area contributed by atoms with Crippen molar-refractivity contribution in [1.82, 2.24) is 4.90 Å². The standard InChI is InChI=1S/C27H24FNO4S/c1-3-32-24-14-20(12-13-23(24)33-17-19-10-8-18(2)9-11-19)15-25-26(30)29(27(31)34-25)16-21-6-4-5-7-22(21)28/h4-15H,3,16-17H2,1-2H3/b25-15-. The van der Waals surface area contributed by atoms with E-state index in [0.717, 1.165) is 22.2 Å². The average Bonchev–Trinajstić information content (AvgIpc) is 3.08. The van der Waals surface area contributed by atoms with Gasteiger partial charge in [0.2, 0.25) is 0 Å². The van der Waals surface area contributed by atoms with Crippen molar-refractivity contribution in [2.45, 2.75) is 27.0 Å². The number of imide groups is 1. The maximum absolute atomic E-state index is 14.0. The van der Waals surface area contributed by atoms with E-state index < -0.39 is 17.0 Å². The van der Waals surface area contributed by atoms with Crippen molar-refractivity contribution in [3.8, 4) is 11.5 Å². The van der Waals surface area contributed by atoms with E-state index in [-0.39, 0.29) is 11.4 Å². The molecule has 174 valence electrons. The summed E-state index contributed by atoms with van der Waals surface area (Å²) in [6, 6.07) is 19.6. The number of amides is 2. The molecule has 1 aliphatic heterocycles. The van der Waals surface area contributed by atoms with E-state index in [4.69, 9.17) is 9.47 Å². The summed E-state index contributed by atoms with van der Waals surface area (Å²) >= 11 is 0.838. The fraction of sp³-hybridized carbons (Fsp3) is 0.185. The van der Waals surface area contributed by atoms with Gasteiger partial charge in [0.1, 0.15) is 12.4 Å². The minimum Gasteiger partial charge on any atom is -0.490 e. The quantitative estimate of drug-likeness (QED) is 0.354. The van der Waals surface area contributed by atoms with Crippen molar-refractivity contribution in [2.24, 2.45) is 0 Å². The van der Waals surface area contributed by atoms with Crippen LogP contribution in [-0.2, 0) is 17.9 Å². The Bertz CT molecular complexity index is 1240. The first kappa shape index (κ1) is 23.6. The molecule has 1 heterocycles. The molecule has 3 aromatic carbocycles. The lowest BCUT2D eigenvalue weighted by atomic mass is 10.1. The molecule has 0 atom stereocenters. The third-order valence-electron chi connectivity index (χ3n) is 5.24. The Morgan fingerprint density at radius 3 is 2.47 bits per heavy atom. The molecule has 7 heteroatoms. The summed E-state index contributed by atoms with van der Waals surface area (Å²) in [5.41, 5.74) is 3.21. The van der Waals surface area contributed by atoms with Crippen LogP contribution in [0.5, 0.6) is 11.5 Å². The van der Waals surface area contributed by atoms with Crippen molar-refractivity contribution < 1.29 is 23.5 Å². The lowest BCUT2D eigenvalue weighted by Crippen LogP contribution is -2.27. The van der Waals surface area contributed by atoms with Crippen LogP contribution >= 0.6 is 11.8 Å². The van der Waals surface area contributed by atoms with Gasteiger partial charge < -0.3 is 9.47 Å². The van der Waals surface area contributed by atoms with E-state index in [0.29, 0.717) is 35.8 Å². The molecule has 0 spiro atoms. The molecule has 5 nitrogen and oxygen atoms in total. The molecule has 34 heavy (non-hydrogen) atoms. The SMILES string of the molecule is CCOc1cc(/C=C2\SC(=O)N(Cc3ccccc3F)C2=O)ccc1OCc1ccc(C)cc1. The predicted octanol–water partition coefficient (Wildman–Crippen LogP) is 6.35. The number of thioether (sulfide) groups is 1. The molecular formula is C27H24FNO4S. The lowest BCUT2D eigenvalue weighted by molar-refractivity contribution is -0.123. The number of halogens is 1. The van der Waals surface area contributed by atoms with E-state index >= 15 is 0 Å². The second kappa shape index (κ2) is 10.6. The zero-order valence-corrected chi connectivity index (χ0v) is 19.7. The van der Waals surface area contributed by atoms with Crippen molar-refractivity contribution in [2.75, 3.05) is 6.61 Å². The predicted molar refractivity (Wildman–Crippen MR) is 131 cm³/mol. The Hall–Kier alpha value is -3.58. The smallest absolute Gasteiger partial charge is 0.293 e. The zero-order valence-electron chi connectivity index (χ0n) is 18.9. The van der Waals surface area contributed by atoms with Crippen LogP contribution < -0.4 is 9.47 Å². The first-order valence-electron chi connectivity index (χ1n) is 10.9. The molecule has 2 amide bonds. The largest absolute Gasteiger partial charge is 0.490 e. The second-order valence-corrected chi connectivity index (χ2v) is 8.77. The third-order valence-corrected chi connectivity index (χ3v) is 6.15. The number of ether oxygens (including phenoxy) is 2. The molecule has 0 bridgehead atoms. The van der Waals surface area contributed by atoms with Gasteiger partial charge in [-0.2, -0.15) is 0 Å². The summed E-state index contributed by atoms with van der Waals surface area (Å²) in [4.78, 5) is 26.6. The molecule has 0 aliphatic carbocycles. The van der Waals surface area contributed by atoms with Crippen molar-refractivity contribution in [3.63, 3.8) is 0 Å². The van der Waals surface area contributed by atoms with Gasteiger partial charge >= 0.3 is 0 Å². The number of nitrogens with zero attached hydrogens (tertiary/aromatic N) is 1. The molecule has 1 fully saturated rings. The topological polar surface area (TPSA) is 55.8 Å². The summed E-state index contributed by atoms with van der Waals surface area (Å²) in [7, 11) is 0. The van der Waals surface area contributed by atoms with Gasteiger partial charge in [0.15, 0.2) is 11.5 Å². The number of carbonyl (C=O) groups is 2. The first-order valence-corrected chi connectivity index (χ1v) is 11.7. The molecule has 0 N–H and O–H groups in total. The van der Waals surface area contributed by atoms with Crippen LogP contribution in [0.3, 0.4) is 0 Å². The Kier molecular flexibility index (Phi) is 7.33. The molecule has 0 radical (unpaired) electrons. The van der Waals surface area contributed by atoms with E-state index in [1.807, 2.05) is 38.1 Å². The van der Waals surface area contributed by atoms with Gasteiger partial charge in [0.05, 0.1) is 18.1 Å². The molecule has 0 aromatic heterocycles. The molecular weight excluding hydrogens is 453 g/mol. The molecule has 1 saturated heterocycles. The van der Waals surface area contributed by atoms with Gasteiger partial charge in [0, 0.05) is 5.56 Å². The highest BCUT2D eigenvalue weighted by molar-refractivity contribution is 8.18. The summed E-state index contributed by atoms with van der Waals surface area (Å²) in [5.74, 6) is 0.241. The van der Waals surface area contributed by atoms with Crippen LogP contribution in [0.4, 0.5) is 9.18 Å². The minimum atomic E-state index is -0.451. The molecule has 3 aromatic rings. The van der Waals surface area contributed by atoms with Crippen LogP contribution in [0.25, 0.3) is 6.08 Å². The van der Waals surface area contributed by atoms with Gasteiger partial charge in [-0.1, -0.05) is 54.1 Å². The van der Waals surface area contributed by atoms with Crippen LogP contribution in [-0.4, -0.2) is 22.7 Å². The number of hydrogen-bond acceptors (Lipinski definition) is 5. The number of carbonyl (C=O) groups excluding carboxylic acids is 2. The van der Waals surface area contributed by atoms with E-state index in [1.165, 1.54) is 11.6 Å². The Labute approximate surface area is 202 Å². The first-order chi connectivity index (χ1) is 16.4. The average molecular weight is 478 g/mol. The monoisotopic (exact) mass is 477 g/mol. The van der Waals surface area contributed by atoms with Crippen LogP contribution in [0.15, 0.2) is 71.6 Å². The maximum atomic E-state index is 14.0. The van der Waals surface area contributed by atoms with Crippen molar-refractivity contribution >= 4 is 29.0 Å². The van der Waals surface area contributed by atoms with Gasteiger partial charge in [-0.15, -0.1) is 0 Å². The van der Waals surface area contributed by atoms with E-state index in [2.05, 4.69) is 0 Å². The molecule has 1 aliphatic rings. The van der Waals surface area contributed by atoms with Crippen LogP contribution in [0.1, 0.15) is 29.2 Å². The van der Waals surface area contributed by atoms with Crippen molar-refractivity contribution in [3.05, 3.63) is 99.7 Å². The maximum Gasteiger partial charge on any atom is 0.293 e. The molecule has 4 rings (SSSR count). The third kappa shape index (κ3) is 5.48. The Morgan fingerprint density at radius 1 is 0.971 bits per heavy atom. The highest BCUT2D eigenvalue weighted by atomic mass is 32.2. The van der Waals surface area contributed by atoms with Gasteiger partial charge in [0.25, 0.3) is 11.1 Å². The van der Waals surface area contributed by atoms with Crippen LogP contribution in [0.2, 0.25) is 0 Å². The number of hydrogen-bond donors (Lipinski definition) is 0. The van der Waals surface area contributed by atoms with Crippen LogP contribution in [0, 0.1) is 12.7 Å². The summed E-state index contributed by atoms with van der Waals surface area (Å²) in [6.45, 7) is 4.65. The van der Waals surface area contributed by atoms with Gasteiger partial charge in [-0.3, -0.25) is 14.5 Å². The number of aryl methyl sites for hydroxylation is 1. The summed E-state index contributed by atoms with van der Waals surface area (Å²) in [6.07, 6.45) is 1.64. The Balaban J connectivity index is 1.51. The number of benzene rings is 3. The van der Waals surface area contributed by atoms with Gasteiger partial charge in [-0.25, -0.2) is 4.39 Å². The summed E-state index contributed by atoms with van der Waals surface area (Å²) in [5, 5.41) is -0.428. The Morgan fingerprint density at radius 2 is 1.74 bits per heavy atom. The normalized spacial score (nSPS) is 14.7. The fourth-order valence-electron chi connectivity index (χ4n) is 3.43. The highest BCUT2D eigenvalue weighted by Crippen LogP contribution is 2.35. The van der Waals surface area contributed by atoms with Gasteiger partial charge in [-0.05, 0) is 61.0 Å². The van der Waals surface area contributed by atoms with E-state index in [1.54, 1.807) is 42.5 Å². The zero-order chi connectivity index (χ0) is 24.1.